The predicted octanol–water partition coefficient (Wildman–Crippen LogP) is 0.0788. The van der Waals surface area contributed by atoms with Gasteiger partial charge in [0.15, 0.2) is 0 Å². The Balaban J connectivity index is 2.83. The molecule has 0 nitrogen and oxygen atoms in total. The van der Waals surface area contributed by atoms with E-state index < -0.39 is 17.5 Å². The maximum atomic E-state index is 10.4. The van der Waals surface area contributed by atoms with E-state index in [4.69, 9.17) is 0 Å². The zero-order valence-electron chi connectivity index (χ0n) is 1.76. The zero-order chi connectivity index (χ0) is 3.41. The van der Waals surface area contributed by atoms with Gasteiger partial charge in [-0.05, 0) is 0 Å². The predicted molar refractivity (Wildman–Crippen MR) is 13.7 cm³/mol. The van der Waals surface area contributed by atoms with E-state index in [9.17, 15) is 8.22 Å². The van der Waals surface area contributed by atoms with Crippen LogP contribution in [0.15, 0.2) is 0 Å². The summed E-state index contributed by atoms with van der Waals surface area (Å²) in [4.78, 5) is 0. The monoisotopic (exact) mass is 94.0 g/mol. The third-order valence-corrected chi connectivity index (χ3v) is 0.321. The van der Waals surface area contributed by atoms with E-state index in [-0.39, 0.29) is 0 Å². The topological polar surface area (TPSA) is 0 Å². The summed E-state index contributed by atoms with van der Waals surface area (Å²) >= 11 is 0. The van der Waals surface area contributed by atoms with Gasteiger partial charge in [0.1, 0.15) is 0 Å². The Bertz CT molecular complexity index is 40.8. The molecule has 22 valence electrons. The Morgan fingerprint density at radius 2 is 1.25 bits per heavy atom. The summed E-state index contributed by atoms with van der Waals surface area (Å²) in [5.74, 6) is 0. The second-order valence-electron chi connectivity index (χ2n) is 0.189. The van der Waals surface area contributed by atoms with Gasteiger partial charge in [0.25, 0.3) is 0 Å². The first-order valence-electron chi connectivity index (χ1n) is 0.628. The number of hydrogen-bond donors (Lipinski definition) is 0. The molecular weight excluding hydrogens is 94.2 g/mol. The maximum Gasteiger partial charge on any atom is 0.225 e. The molecule has 0 heterocycles. The van der Waals surface area contributed by atoms with Gasteiger partial charge < -0.3 is 0 Å². The smallest absolute Gasteiger partial charge is 0.225 e. The molecule has 0 amide bonds. The highest BCUT2D eigenvalue weighted by Crippen LogP contribution is 1.32. The minimum absolute atomic E-state index is 0.998. The lowest BCUT2D eigenvalue weighted by Gasteiger charge is -1.29. The Hall–Kier alpha value is 0.294. The number of rotatable bonds is 0. The van der Waals surface area contributed by atoms with Crippen molar-refractivity contribution in [2.75, 3.05) is 0 Å². The molecule has 4 heavy (non-hydrogen) atoms. The van der Waals surface area contributed by atoms with E-state index in [1.54, 1.807) is 0 Å². The second kappa shape index (κ2) is 3.29. The van der Waals surface area contributed by atoms with Gasteiger partial charge in [-0.3, -0.25) is 0 Å². The molecule has 0 rings (SSSR count). The lowest BCUT2D eigenvalue weighted by molar-refractivity contribution is 0.875. The van der Waals surface area contributed by atoms with Crippen LogP contribution in [0, 0.1) is 0 Å². The Kier molecular flexibility index (Phi) is 3.54. The highest BCUT2D eigenvalue weighted by atomic mass is 28.8. The fourth-order valence-corrected chi connectivity index (χ4v) is 0. The van der Waals surface area contributed by atoms with Crippen molar-refractivity contribution in [1.29, 1.82) is 0 Å². The lowest BCUT2D eigenvalue weighted by atomic mass is 18.9. The number of halogens is 2. The van der Waals surface area contributed by atoms with Crippen LogP contribution in [0.4, 0.5) is 8.22 Å². The molecule has 0 saturated carbocycles. The van der Waals surface area contributed by atoms with E-state index in [2.05, 4.69) is 0 Å². The highest BCUT2D eigenvalue weighted by molar-refractivity contribution is 6.52. The lowest BCUT2D eigenvalue weighted by Crippen LogP contribution is -1.48. The van der Waals surface area contributed by atoms with Gasteiger partial charge in [0, 0.05) is 0 Å². The van der Waals surface area contributed by atoms with Gasteiger partial charge in [-0.2, -0.15) is 0 Å². The first kappa shape index (κ1) is 4.29. The summed E-state index contributed by atoms with van der Waals surface area (Å²) in [7, 11) is -2.00. The van der Waals surface area contributed by atoms with Crippen LogP contribution >= 0.6 is 0 Å². The van der Waals surface area contributed by atoms with Gasteiger partial charge >= 0.3 is 0 Å². The van der Waals surface area contributed by atoms with Crippen molar-refractivity contribution in [2.24, 2.45) is 0 Å². The molecule has 0 aliphatic rings. The molecule has 0 bridgehead atoms. The van der Waals surface area contributed by atoms with Crippen LogP contribution in [-0.2, 0) is 0 Å². The minimum atomic E-state index is -0.998. The summed E-state index contributed by atoms with van der Waals surface area (Å²) in [6.45, 7) is 0. The molecule has 4 heteroatoms. The summed E-state index contributed by atoms with van der Waals surface area (Å²) in [6, 6.07) is 0. The molecule has 0 fully saturated rings. The minimum Gasteiger partial charge on any atom is -0.225 e. The average Bonchev–Trinajstić information content (AvgIpc) is 1.37. The van der Waals surface area contributed by atoms with Crippen LogP contribution < -0.4 is 0 Å². The molecule has 0 aromatic rings. The molecule has 0 N–H and O–H groups in total. The van der Waals surface area contributed by atoms with Gasteiger partial charge in [-0.15, -0.1) is 0 Å². The van der Waals surface area contributed by atoms with Crippen molar-refractivity contribution in [1.82, 2.24) is 0 Å². The van der Waals surface area contributed by atoms with E-state index in [0.717, 1.165) is 0 Å². The Labute approximate surface area is 26.8 Å². The molecule has 0 aliphatic heterocycles. The SMILES string of the molecule is F[Si]#[Si]F. The van der Waals surface area contributed by atoms with Crippen molar-refractivity contribution in [3.8, 4) is 0 Å². The van der Waals surface area contributed by atoms with Gasteiger partial charge in [-0.1, -0.05) is 0 Å². The Morgan fingerprint density at radius 3 is 1.25 bits per heavy atom. The molecule has 0 aromatic heterocycles. The molecule has 0 radical (unpaired) electrons. The summed E-state index contributed by atoms with van der Waals surface area (Å²) in [6.07, 6.45) is 0. The summed E-state index contributed by atoms with van der Waals surface area (Å²) in [5.41, 5.74) is 0. The normalized spacial score (nSPS) is 3.50. The van der Waals surface area contributed by atoms with Crippen LogP contribution in [0.2, 0.25) is 0 Å². The molecule has 0 spiro atoms. The quantitative estimate of drug-likeness (QED) is 0.294. The summed E-state index contributed by atoms with van der Waals surface area (Å²) < 4.78 is 20.8. The van der Waals surface area contributed by atoms with Crippen molar-refractivity contribution in [3.05, 3.63) is 0 Å². The molecule has 0 saturated heterocycles. The first-order chi connectivity index (χ1) is 1.91. The van der Waals surface area contributed by atoms with Crippen LogP contribution in [0.1, 0.15) is 0 Å². The fourth-order valence-electron chi connectivity index (χ4n) is 0. The van der Waals surface area contributed by atoms with Crippen LogP contribution in [-0.4, -0.2) is 17.5 Å². The van der Waals surface area contributed by atoms with E-state index in [0.29, 0.717) is 0 Å². The van der Waals surface area contributed by atoms with Crippen LogP contribution in [0.3, 0.4) is 0 Å². The molecule has 0 aliphatic carbocycles. The standard InChI is InChI=1S/F2Si2/c1-3-4-2. The van der Waals surface area contributed by atoms with E-state index >= 15 is 0 Å². The first-order valence-corrected chi connectivity index (χ1v) is 3.38. The van der Waals surface area contributed by atoms with E-state index in [1.165, 1.54) is 0 Å². The second-order valence-corrected chi connectivity index (χ2v) is 1.70. The van der Waals surface area contributed by atoms with Gasteiger partial charge in [-0.25, -0.2) is 8.22 Å². The molecule has 0 aromatic carbocycles. The fraction of sp³-hybridized carbons (Fsp3) is 0. The van der Waals surface area contributed by atoms with Crippen molar-refractivity contribution in [3.63, 3.8) is 0 Å². The Morgan fingerprint density at radius 1 is 1.00 bits per heavy atom. The van der Waals surface area contributed by atoms with Crippen LogP contribution in [0.25, 0.3) is 0 Å². The molecule has 0 atom stereocenters. The summed E-state index contributed by atoms with van der Waals surface area (Å²) in [5, 5.41) is 0. The molecule has 0 unspecified atom stereocenters. The number of hydrogen-bond acceptors (Lipinski definition) is 0. The zero-order valence-corrected chi connectivity index (χ0v) is 3.76. The highest BCUT2D eigenvalue weighted by Gasteiger charge is 1.41. The maximum absolute atomic E-state index is 10.4. The third-order valence-electron chi connectivity index (χ3n) is 0.0357. The average molecular weight is 94.2 g/mol. The van der Waals surface area contributed by atoms with Crippen molar-refractivity contribution >= 4 is 17.5 Å². The van der Waals surface area contributed by atoms with Gasteiger partial charge in [0.2, 0.25) is 17.5 Å². The molecular formula is F2Si2. The van der Waals surface area contributed by atoms with E-state index in [1.807, 2.05) is 0 Å². The third kappa shape index (κ3) is 2.29. The van der Waals surface area contributed by atoms with Crippen LogP contribution in [0.5, 0.6) is 0 Å². The van der Waals surface area contributed by atoms with Crippen molar-refractivity contribution in [2.45, 2.75) is 0 Å². The van der Waals surface area contributed by atoms with Crippen molar-refractivity contribution < 1.29 is 8.22 Å². The van der Waals surface area contributed by atoms with Gasteiger partial charge in [0.05, 0.1) is 0 Å². The largest absolute Gasteiger partial charge is 0.225 e.